The predicted octanol–water partition coefficient (Wildman–Crippen LogP) is 5.83. The fraction of sp³-hybridized carbons (Fsp3) is 0.882. The summed E-state index contributed by atoms with van der Waals surface area (Å²) in [6.45, 7) is 12.1. The van der Waals surface area contributed by atoms with E-state index < -0.39 is 0 Å². The van der Waals surface area contributed by atoms with E-state index in [4.69, 9.17) is 0 Å². The Morgan fingerprint density at radius 2 is 1.82 bits per heavy atom. The molecule has 0 bridgehead atoms. The van der Waals surface area contributed by atoms with E-state index >= 15 is 0 Å². The van der Waals surface area contributed by atoms with Crippen LogP contribution >= 0.6 is 0 Å². The summed E-state index contributed by atoms with van der Waals surface area (Å²) in [5, 5.41) is 0. The van der Waals surface area contributed by atoms with E-state index in [1.54, 1.807) is 0 Å². The van der Waals surface area contributed by atoms with E-state index in [1.165, 1.54) is 38.5 Å². The molecule has 2 unspecified atom stereocenters. The predicted molar refractivity (Wildman–Crippen MR) is 78.1 cm³/mol. The van der Waals surface area contributed by atoms with E-state index in [1.807, 2.05) is 0 Å². The van der Waals surface area contributed by atoms with Gasteiger partial charge in [0.15, 0.2) is 0 Å². The van der Waals surface area contributed by atoms with Gasteiger partial charge in [-0.15, -0.1) is 0 Å². The van der Waals surface area contributed by atoms with Crippen LogP contribution in [0.25, 0.3) is 0 Å². The molecule has 1 rings (SSSR count). The Bertz CT molecular complexity index is 238. The third kappa shape index (κ3) is 4.48. The molecule has 100 valence electrons. The average Bonchev–Trinajstić information content (AvgIpc) is 2.28. The third-order valence-electron chi connectivity index (χ3n) is 4.92. The highest BCUT2D eigenvalue weighted by molar-refractivity contribution is 5.04. The first-order chi connectivity index (χ1) is 7.96. The molecule has 0 aromatic carbocycles. The van der Waals surface area contributed by atoms with Crippen LogP contribution in [0, 0.1) is 23.2 Å². The molecule has 0 nitrogen and oxygen atoms in total. The lowest BCUT2D eigenvalue weighted by Crippen LogP contribution is -2.29. The molecule has 0 aromatic rings. The van der Waals surface area contributed by atoms with Crippen LogP contribution < -0.4 is 0 Å². The zero-order valence-electron chi connectivity index (χ0n) is 12.6. The van der Waals surface area contributed by atoms with Crippen molar-refractivity contribution in [3.05, 3.63) is 12.2 Å². The fourth-order valence-corrected chi connectivity index (χ4v) is 3.16. The van der Waals surface area contributed by atoms with Crippen LogP contribution in [0.4, 0.5) is 0 Å². The maximum absolute atomic E-state index is 2.50. The Labute approximate surface area is 109 Å². The van der Waals surface area contributed by atoms with Crippen molar-refractivity contribution in [2.45, 2.75) is 73.1 Å². The summed E-state index contributed by atoms with van der Waals surface area (Å²) in [7, 11) is 0. The van der Waals surface area contributed by atoms with Crippen molar-refractivity contribution in [1.29, 1.82) is 0 Å². The van der Waals surface area contributed by atoms with Gasteiger partial charge in [0.05, 0.1) is 0 Å². The summed E-state index contributed by atoms with van der Waals surface area (Å²) in [4.78, 5) is 0. The molecular weight excluding hydrogens is 204 g/mol. The van der Waals surface area contributed by atoms with Crippen molar-refractivity contribution in [3.63, 3.8) is 0 Å². The standard InChI is InChI=1S/C17H32/c1-14(2)10-9-11-15(3)16(4)17(5)12-7-6-8-13-17/h7,12,14-16H,6,8-11,13H2,1-5H3/t15-,16?,17?/m1/s1. The number of allylic oxidation sites excluding steroid dienone is 2. The smallest absolute Gasteiger partial charge is 0.0118 e. The molecule has 0 saturated carbocycles. The summed E-state index contributed by atoms with van der Waals surface area (Å²) >= 11 is 0. The lowest BCUT2D eigenvalue weighted by atomic mass is 9.66. The van der Waals surface area contributed by atoms with Gasteiger partial charge in [0, 0.05) is 0 Å². The number of hydrogen-bond donors (Lipinski definition) is 0. The minimum Gasteiger partial charge on any atom is -0.0880 e. The second-order valence-electron chi connectivity index (χ2n) is 6.89. The van der Waals surface area contributed by atoms with Crippen molar-refractivity contribution in [2.24, 2.45) is 23.2 Å². The molecule has 1 aliphatic carbocycles. The van der Waals surface area contributed by atoms with Crippen molar-refractivity contribution in [3.8, 4) is 0 Å². The van der Waals surface area contributed by atoms with Gasteiger partial charge in [-0.05, 0) is 42.4 Å². The molecular formula is C17H32. The summed E-state index contributed by atoms with van der Waals surface area (Å²) in [5.74, 6) is 2.55. The van der Waals surface area contributed by atoms with Gasteiger partial charge < -0.3 is 0 Å². The topological polar surface area (TPSA) is 0 Å². The summed E-state index contributed by atoms with van der Waals surface area (Å²) < 4.78 is 0. The van der Waals surface area contributed by atoms with Gasteiger partial charge in [0.2, 0.25) is 0 Å². The second kappa shape index (κ2) is 6.61. The maximum Gasteiger partial charge on any atom is -0.0118 e. The SMILES string of the molecule is CC(C)CCC[C@@H](C)C(C)C1(C)C=CCCC1. The third-order valence-corrected chi connectivity index (χ3v) is 4.92. The molecule has 0 aromatic heterocycles. The molecule has 3 atom stereocenters. The molecule has 17 heavy (non-hydrogen) atoms. The van der Waals surface area contributed by atoms with Gasteiger partial charge in [-0.3, -0.25) is 0 Å². The zero-order chi connectivity index (χ0) is 12.9. The van der Waals surface area contributed by atoms with Crippen LogP contribution in [0.5, 0.6) is 0 Å². The Balaban J connectivity index is 2.42. The minimum atomic E-state index is 0.468. The van der Waals surface area contributed by atoms with Gasteiger partial charge in [0.1, 0.15) is 0 Å². The van der Waals surface area contributed by atoms with Gasteiger partial charge in [-0.1, -0.05) is 66.0 Å². The highest BCUT2D eigenvalue weighted by Crippen LogP contribution is 2.42. The molecule has 0 radical (unpaired) electrons. The van der Waals surface area contributed by atoms with Crippen LogP contribution in [0.1, 0.15) is 73.1 Å². The average molecular weight is 236 g/mol. The first kappa shape index (κ1) is 14.8. The molecule has 0 amide bonds. The van der Waals surface area contributed by atoms with Crippen LogP contribution in [0.2, 0.25) is 0 Å². The Kier molecular flexibility index (Phi) is 5.76. The quantitative estimate of drug-likeness (QED) is 0.509. The van der Waals surface area contributed by atoms with E-state index in [9.17, 15) is 0 Å². The van der Waals surface area contributed by atoms with Crippen molar-refractivity contribution in [1.82, 2.24) is 0 Å². The lowest BCUT2D eigenvalue weighted by molar-refractivity contribution is 0.166. The van der Waals surface area contributed by atoms with Gasteiger partial charge in [-0.25, -0.2) is 0 Å². The lowest BCUT2D eigenvalue weighted by Gasteiger charge is -2.39. The first-order valence-corrected chi connectivity index (χ1v) is 7.63. The van der Waals surface area contributed by atoms with Crippen LogP contribution in [0.3, 0.4) is 0 Å². The molecule has 0 saturated heterocycles. The molecule has 0 fully saturated rings. The highest BCUT2D eigenvalue weighted by atomic mass is 14.4. The summed E-state index contributed by atoms with van der Waals surface area (Å²) in [5.41, 5.74) is 0.468. The zero-order valence-corrected chi connectivity index (χ0v) is 12.6. The van der Waals surface area contributed by atoms with Crippen molar-refractivity contribution < 1.29 is 0 Å². The van der Waals surface area contributed by atoms with Gasteiger partial charge in [-0.2, -0.15) is 0 Å². The van der Waals surface area contributed by atoms with E-state index in [-0.39, 0.29) is 0 Å². The van der Waals surface area contributed by atoms with Gasteiger partial charge >= 0.3 is 0 Å². The normalized spacial score (nSPS) is 28.4. The minimum absolute atomic E-state index is 0.468. The Hall–Kier alpha value is -0.260. The molecule has 0 heteroatoms. The van der Waals surface area contributed by atoms with E-state index in [0.29, 0.717) is 5.41 Å². The Morgan fingerprint density at radius 1 is 1.12 bits per heavy atom. The molecule has 0 heterocycles. The molecule has 0 aliphatic heterocycles. The first-order valence-electron chi connectivity index (χ1n) is 7.63. The van der Waals surface area contributed by atoms with E-state index in [2.05, 4.69) is 46.8 Å². The monoisotopic (exact) mass is 236 g/mol. The Morgan fingerprint density at radius 3 is 2.35 bits per heavy atom. The summed E-state index contributed by atoms with van der Waals surface area (Å²) in [6, 6.07) is 0. The van der Waals surface area contributed by atoms with E-state index in [0.717, 1.165) is 17.8 Å². The largest absolute Gasteiger partial charge is 0.0880 e. The van der Waals surface area contributed by atoms with Crippen molar-refractivity contribution >= 4 is 0 Å². The van der Waals surface area contributed by atoms with Crippen molar-refractivity contribution in [2.75, 3.05) is 0 Å². The number of rotatable bonds is 6. The molecule has 0 spiro atoms. The molecule has 0 N–H and O–H groups in total. The maximum atomic E-state index is 2.50. The molecule has 1 aliphatic rings. The summed E-state index contributed by atoms with van der Waals surface area (Å²) in [6.07, 6.45) is 13.2. The van der Waals surface area contributed by atoms with Crippen LogP contribution in [-0.4, -0.2) is 0 Å². The van der Waals surface area contributed by atoms with Crippen LogP contribution in [0.15, 0.2) is 12.2 Å². The fourth-order valence-electron chi connectivity index (χ4n) is 3.16. The second-order valence-corrected chi connectivity index (χ2v) is 6.89. The highest BCUT2D eigenvalue weighted by Gasteiger charge is 2.32. The number of hydrogen-bond acceptors (Lipinski definition) is 0. The van der Waals surface area contributed by atoms with Gasteiger partial charge in [0.25, 0.3) is 0 Å². The van der Waals surface area contributed by atoms with Crippen LogP contribution in [-0.2, 0) is 0 Å².